The Kier molecular flexibility index (Phi) is 7.29. The minimum Gasteiger partial charge on any atom is -0.310 e. The van der Waals surface area contributed by atoms with Gasteiger partial charge >= 0.3 is 0 Å². The van der Waals surface area contributed by atoms with Crippen LogP contribution in [-0.4, -0.2) is 0 Å². The summed E-state index contributed by atoms with van der Waals surface area (Å²) in [6, 6.07) is 62.5. The molecule has 0 heterocycles. The van der Waals surface area contributed by atoms with E-state index in [0.717, 1.165) is 22.7 Å². The molecule has 9 rings (SSSR count). The van der Waals surface area contributed by atoms with Gasteiger partial charge in [0.1, 0.15) is 0 Å². The van der Waals surface area contributed by atoms with Crippen LogP contribution >= 0.6 is 0 Å². The molecule has 0 fully saturated rings. The Labute approximate surface area is 300 Å². The Balaban J connectivity index is 1.19. The third-order valence-electron chi connectivity index (χ3n) is 10.8. The van der Waals surface area contributed by atoms with Gasteiger partial charge in [-0.2, -0.15) is 0 Å². The molecule has 1 aliphatic carbocycles. The molecule has 0 unspecified atom stereocenters. The van der Waals surface area contributed by atoms with Crippen molar-refractivity contribution >= 4 is 55.7 Å². The van der Waals surface area contributed by atoms with E-state index in [0.29, 0.717) is 0 Å². The highest BCUT2D eigenvalue weighted by Gasteiger charge is 2.37. The van der Waals surface area contributed by atoms with Crippen LogP contribution in [0.3, 0.4) is 0 Å². The molecule has 8 aromatic rings. The number of aryl methyl sites for hydroxylation is 2. The fraction of sp³-hybridized carbons (Fsp3) is 0.102. The number of rotatable bonds is 6. The number of anilines is 6. The molecule has 246 valence electrons. The minimum absolute atomic E-state index is 0.216. The second-order valence-electron chi connectivity index (χ2n) is 14.4. The Morgan fingerprint density at radius 1 is 0.373 bits per heavy atom. The second-order valence-corrected chi connectivity index (χ2v) is 14.4. The molecule has 51 heavy (non-hydrogen) atoms. The number of hydrogen-bond acceptors (Lipinski definition) is 2. The van der Waals surface area contributed by atoms with E-state index >= 15 is 0 Å². The maximum absolute atomic E-state index is 2.43. The molecule has 0 bridgehead atoms. The smallest absolute Gasteiger partial charge is 0.0540 e. The van der Waals surface area contributed by atoms with Crippen LogP contribution < -0.4 is 9.80 Å². The average Bonchev–Trinajstić information content (AvgIpc) is 3.38. The fourth-order valence-electron chi connectivity index (χ4n) is 8.04. The van der Waals surface area contributed by atoms with Crippen molar-refractivity contribution in [3.63, 3.8) is 0 Å². The van der Waals surface area contributed by atoms with Crippen molar-refractivity contribution in [3.05, 3.63) is 192 Å². The first kappa shape index (κ1) is 30.9. The molecule has 1 aliphatic rings. The van der Waals surface area contributed by atoms with Crippen molar-refractivity contribution in [1.29, 1.82) is 0 Å². The molecule has 0 N–H and O–H groups in total. The van der Waals surface area contributed by atoms with E-state index in [-0.39, 0.29) is 5.41 Å². The maximum atomic E-state index is 2.43. The second kappa shape index (κ2) is 12.0. The molecule has 2 nitrogen and oxygen atoms in total. The highest BCUT2D eigenvalue weighted by atomic mass is 15.1. The average molecular weight is 657 g/mol. The zero-order valence-electron chi connectivity index (χ0n) is 29.6. The molecule has 8 aromatic carbocycles. The Bertz CT molecular complexity index is 2390. The summed E-state index contributed by atoms with van der Waals surface area (Å²) in [7, 11) is 0. The van der Waals surface area contributed by atoms with Crippen molar-refractivity contribution < 1.29 is 0 Å². The molecule has 0 saturated heterocycles. The number of hydrogen-bond donors (Lipinski definition) is 0. The van der Waals surface area contributed by atoms with Crippen molar-refractivity contribution in [1.82, 2.24) is 0 Å². The van der Waals surface area contributed by atoms with Gasteiger partial charge in [0.25, 0.3) is 0 Å². The van der Waals surface area contributed by atoms with Gasteiger partial charge in [0.2, 0.25) is 0 Å². The lowest BCUT2D eigenvalue weighted by atomic mass is 9.82. The Morgan fingerprint density at radius 2 is 0.745 bits per heavy atom. The molecule has 0 amide bonds. The summed E-state index contributed by atoms with van der Waals surface area (Å²) in [6.45, 7) is 9.06. The molecule has 0 spiro atoms. The lowest BCUT2D eigenvalue weighted by Gasteiger charge is -2.30. The first-order chi connectivity index (χ1) is 24.9. The minimum atomic E-state index is -0.216. The molecule has 0 aromatic heterocycles. The number of fused-ring (bicyclic) bond motifs is 5. The van der Waals surface area contributed by atoms with E-state index < -0.39 is 0 Å². The van der Waals surface area contributed by atoms with Crippen LogP contribution in [0.1, 0.15) is 36.1 Å². The molecule has 0 atom stereocenters. The summed E-state index contributed by atoms with van der Waals surface area (Å²) < 4.78 is 0. The van der Waals surface area contributed by atoms with Crippen molar-refractivity contribution in [2.24, 2.45) is 0 Å². The third-order valence-corrected chi connectivity index (χ3v) is 10.8. The monoisotopic (exact) mass is 656 g/mol. The SMILES string of the molecule is Cc1ccc(N(c2ccc3c(c2)C(C)(C)c2cc(N(c4ccc(C)cc4)c4cccc5ccccc45)ccc2-3)c2cccc3ccccc23)cc1. The molecule has 2 heteroatoms. The highest BCUT2D eigenvalue weighted by molar-refractivity contribution is 6.01. The van der Waals surface area contributed by atoms with Crippen LogP contribution in [0.5, 0.6) is 0 Å². The van der Waals surface area contributed by atoms with Crippen LogP contribution in [-0.2, 0) is 5.41 Å². The first-order valence-electron chi connectivity index (χ1n) is 17.9. The summed E-state index contributed by atoms with van der Waals surface area (Å²) in [5.74, 6) is 0. The van der Waals surface area contributed by atoms with Crippen LogP contribution in [0.25, 0.3) is 32.7 Å². The summed E-state index contributed by atoms with van der Waals surface area (Å²) in [6.07, 6.45) is 0. The lowest BCUT2D eigenvalue weighted by molar-refractivity contribution is 0.660. The number of nitrogens with zero attached hydrogens (tertiary/aromatic N) is 2. The fourth-order valence-corrected chi connectivity index (χ4v) is 8.04. The molecule has 0 radical (unpaired) electrons. The van der Waals surface area contributed by atoms with Crippen LogP contribution in [0.15, 0.2) is 170 Å². The summed E-state index contributed by atoms with van der Waals surface area (Å²) in [5.41, 5.74) is 14.6. The number of benzene rings is 8. The molecular weight excluding hydrogens is 617 g/mol. The Morgan fingerprint density at radius 3 is 1.18 bits per heavy atom. The molecule has 0 aliphatic heterocycles. The van der Waals surface area contributed by atoms with Gasteiger partial charge in [-0.15, -0.1) is 0 Å². The zero-order valence-corrected chi connectivity index (χ0v) is 29.6. The van der Waals surface area contributed by atoms with E-state index in [9.17, 15) is 0 Å². The van der Waals surface area contributed by atoms with E-state index in [1.165, 1.54) is 66.3 Å². The van der Waals surface area contributed by atoms with Crippen LogP contribution in [0.4, 0.5) is 34.1 Å². The van der Waals surface area contributed by atoms with Gasteiger partial charge in [-0.25, -0.2) is 0 Å². The van der Waals surface area contributed by atoms with Gasteiger partial charge < -0.3 is 9.80 Å². The lowest BCUT2D eigenvalue weighted by Crippen LogP contribution is -2.18. The first-order valence-corrected chi connectivity index (χ1v) is 17.9. The molecule has 0 saturated carbocycles. The van der Waals surface area contributed by atoms with Gasteiger partial charge in [0, 0.05) is 38.9 Å². The predicted octanol–water partition coefficient (Wildman–Crippen LogP) is 13.9. The van der Waals surface area contributed by atoms with Gasteiger partial charge in [0.15, 0.2) is 0 Å². The largest absolute Gasteiger partial charge is 0.310 e. The normalized spacial score (nSPS) is 12.9. The van der Waals surface area contributed by atoms with Crippen molar-refractivity contribution in [2.75, 3.05) is 9.80 Å². The zero-order chi connectivity index (χ0) is 34.7. The predicted molar refractivity (Wildman–Crippen MR) is 218 cm³/mol. The van der Waals surface area contributed by atoms with Gasteiger partial charge in [-0.05, 0) is 108 Å². The van der Waals surface area contributed by atoms with Crippen LogP contribution in [0, 0.1) is 13.8 Å². The summed E-state index contributed by atoms with van der Waals surface area (Å²) >= 11 is 0. The van der Waals surface area contributed by atoms with E-state index in [4.69, 9.17) is 0 Å². The van der Waals surface area contributed by atoms with Gasteiger partial charge in [-0.3, -0.25) is 0 Å². The van der Waals surface area contributed by atoms with E-state index in [1.54, 1.807) is 0 Å². The maximum Gasteiger partial charge on any atom is 0.0540 e. The van der Waals surface area contributed by atoms with Crippen LogP contribution in [0.2, 0.25) is 0 Å². The standard InChI is InChI=1S/C49H40N2/c1-33-19-23-37(24-20-33)50(47-17-9-13-35-11-5-7-15-41(35)47)39-27-29-43-44-30-28-40(32-46(44)49(3,4)45(43)31-39)51(38-25-21-34(2)22-26-38)48-18-10-14-36-12-6-8-16-42(36)48/h5-32H,1-4H3. The quantitative estimate of drug-likeness (QED) is 0.176. The highest BCUT2D eigenvalue weighted by Crippen LogP contribution is 2.53. The third kappa shape index (κ3) is 5.18. The molecular formula is C49H40N2. The summed E-state index contributed by atoms with van der Waals surface area (Å²) in [5, 5.41) is 4.94. The van der Waals surface area contributed by atoms with Gasteiger partial charge in [0.05, 0.1) is 11.4 Å². The topological polar surface area (TPSA) is 6.48 Å². The van der Waals surface area contributed by atoms with Gasteiger partial charge in [-0.1, -0.05) is 134 Å². The van der Waals surface area contributed by atoms with Crippen molar-refractivity contribution in [2.45, 2.75) is 33.1 Å². The Hall–Kier alpha value is -6.12. The van der Waals surface area contributed by atoms with Crippen molar-refractivity contribution in [3.8, 4) is 11.1 Å². The summed E-state index contributed by atoms with van der Waals surface area (Å²) in [4.78, 5) is 4.85. The van der Waals surface area contributed by atoms with E-state index in [1.807, 2.05) is 0 Å². The van der Waals surface area contributed by atoms with E-state index in [2.05, 4.69) is 207 Å².